The summed E-state index contributed by atoms with van der Waals surface area (Å²) in [5.41, 5.74) is 1.26. The number of rotatable bonds is 5. The Morgan fingerprint density at radius 3 is 2.60 bits per heavy atom. The number of nitrogens with one attached hydrogen (secondary N) is 1. The number of hydrogen-bond acceptors (Lipinski definition) is 3. The van der Waals surface area contributed by atoms with E-state index in [0.29, 0.717) is 5.56 Å². The highest BCUT2D eigenvalue weighted by atomic mass is 79.9. The summed E-state index contributed by atoms with van der Waals surface area (Å²) in [5.74, 6) is -0.724. The molecule has 0 aliphatic carbocycles. The number of esters is 1. The topological polar surface area (TPSA) is 38.3 Å². The molecule has 1 unspecified atom stereocenters. The summed E-state index contributed by atoms with van der Waals surface area (Å²) in [5, 5.41) is 2.19. The highest BCUT2D eigenvalue weighted by Crippen LogP contribution is 2.23. The number of halogens is 4. The smallest absolute Gasteiger partial charge is 0.401 e. The number of carbonyl (C=O) groups is 1. The van der Waals surface area contributed by atoms with Gasteiger partial charge in [0, 0.05) is 4.47 Å². The fourth-order valence-corrected chi connectivity index (χ4v) is 1.87. The van der Waals surface area contributed by atoms with Gasteiger partial charge in [-0.05, 0) is 31.0 Å². The summed E-state index contributed by atoms with van der Waals surface area (Å²) < 4.78 is 42.5. The van der Waals surface area contributed by atoms with Crippen LogP contribution in [0.3, 0.4) is 0 Å². The molecular weight excluding hydrogens is 339 g/mol. The van der Waals surface area contributed by atoms with Crippen molar-refractivity contribution in [1.29, 1.82) is 0 Å². The Morgan fingerprint density at radius 1 is 1.45 bits per heavy atom. The minimum absolute atomic E-state index is 0.110. The van der Waals surface area contributed by atoms with E-state index in [1.807, 2.05) is 0 Å². The van der Waals surface area contributed by atoms with Crippen molar-refractivity contribution in [2.75, 3.05) is 13.2 Å². The van der Waals surface area contributed by atoms with E-state index in [0.717, 1.165) is 10.0 Å². The Bertz CT molecular complexity index is 477. The zero-order valence-corrected chi connectivity index (χ0v) is 12.6. The largest absolute Gasteiger partial charge is 0.465 e. The number of benzene rings is 1. The molecule has 0 spiro atoms. The predicted molar refractivity (Wildman–Crippen MR) is 72.3 cm³/mol. The lowest BCUT2D eigenvalue weighted by Crippen LogP contribution is -2.37. The van der Waals surface area contributed by atoms with Crippen molar-refractivity contribution < 1.29 is 22.7 Å². The second kappa shape index (κ2) is 7.08. The number of aryl methyl sites for hydroxylation is 1. The minimum atomic E-state index is -4.39. The van der Waals surface area contributed by atoms with Crippen LogP contribution in [0.5, 0.6) is 0 Å². The quantitative estimate of drug-likeness (QED) is 0.823. The van der Waals surface area contributed by atoms with E-state index in [-0.39, 0.29) is 6.61 Å². The predicted octanol–water partition coefficient (Wildman–Crippen LogP) is 3.51. The summed E-state index contributed by atoms with van der Waals surface area (Å²) in [4.78, 5) is 11.8. The molecule has 3 nitrogen and oxygen atoms in total. The first-order valence-corrected chi connectivity index (χ1v) is 6.76. The van der Waals surface area contributed by atoms with Gasteiger partial charge in [0.1, 0.15) is 6.04 Å². The third-order valence-electron chi connectivity index (χ3n) is 2.54. The van der Waals surface area contributed by atoms with E-state index in [2.05, 4.69) is 21.2 Å². The van der Waals surface area contributed by atoms with Crippen LogP contribution in [0.25, 0.3) is 0 Å². The van der Waals surface area contributed by atoms with Crippen molar-refractivity contribution in [3.05, 3.63) is 33.8 Å². The molecule has 0 aromatic heterocycles. The number of hydrogen-bond donors (Lipinski definition) is 1. The van der Waals surface area contributed by atoms with Gasteiger partial charge >= 0.3 is 12.1 Å². The molecule has 1 aromatic rings. The zero-order chi connectivity index (χ0) is 15.3. The molecule has 20 heavy (non-hydrogen) atoms. The van der Waals surface area contributed by atoms with Gasteiger partial charge < -0.3 is 4.74 Å². The highest BCUT2D eigenvalue weighted by molar-refractivity contribution is 9.10. The van der Waals surface area contributed by atoms with Crippen LogP contribution >= 0.6 is 15.9 Å². The first kappa shape index (κ1) is 17.0. The van der Waals surface area contributed by atoms with E-state index >= 15 is 0 Å². The maximum atomic E-state index is 12.3. The van der Waals surface area contributed by atoms with Gasteiger partial charge in [-0.15, -0.1) is 0 Å². The summed E-state index contributed by atoms with van der Waals surface area (Å²) in [6.07, 6.45) is -4.39. The third kappa shape index (κ3) is 5.13. The Balaban J connectivity index is 2.96. The first-order valence-electron chi connectivity index (χ1n) is 5.97. The van der Waals surface area contributed by atoms with Gasteiger partial charge in [0.05, 0.1) is 13.2 Å². The molecule has 7 heteroatoms. The van der Waals surface area contributed by atoms with E-state index in [9.17, 15) is 18.0 Å². The molecule has 0 aliphatic heterocycles. The van der Waals surface area contributed by atoms with Crippen molar-refractivity contribution in [3.63, 3.8) is 0 Å². The van der Waals surface area contributed by atoms with Gasteiger partial charge in [0.15, 0.2) is 0 Å². The monoisotopic (exact) mass is 353 g/mol. The van der Waals surface area contributed by atoms with E-state index in [1.54, 1.807) is 32.0 Å². The van der Waals surface area contributed by atoms with Crippen LogP contribution in [0, 0.1) is 6.92 Å². The molecule has 0 saturated carbocycles. The van der Waals surface area contributed by atoms with Crippen LogP contribution in [0.1, 0.15) is 24.1 Å². The van der Waals surface area contributed by atoms with Gasteiger partial charge in [-0.3, -0.25) is 5.32 Å². The molecule has 0 fully saturated rings. The maximum absolute atomic E-state index is 12.3. The molecule has 1 N–H and O–H groups in total. The Hall–Kier alpha value is -1.08. The molecule has 0 saturated heterocycles. The average Bonchev–Trinajstić information content (AvgIpc) is 2.32. The lowest BCUT2D eigenvalue weighted by atomic mass is 10.0. The van der Waals surface area contributed by atoms with Crippen LogP contribution in [0.4, 0.5) is 13.2 Å². The number of ether oxygens (including phenoxy) is 1. The lowest BCUT2D eigenvalue weighted by molar-refractivity contribution is -0.149. The summed E-state index contributed by atoms with van der Waals surface area (Å²) in [6, 6.07) is 3.78. The Morgan fingerprint density at radius 2 is 2.10 bits per heavy atom. The van der Waals surface area contributed by atoms with Gasteiger partial charge in [0.2, 0.25) is 0 Å². The zero-order valence-electron chi connectivity index (χ0n) is 11.1. The molecular formula is C13H15BrF3NO2. The van der Waals surface area contributed by atoms with E-state index in [1.165, 1.54) is 0 Å². The maximum Gasteiger partial charge on any atom is 0.401 e. The molecule has 0 aliphatic rings. The first-order chi connectivity index (χ1) is 9.24. The Labute approximate surface area is 123 Å². The van der Waals surface area contributed by atoms with Gasteiger partial charge in [-0.2, -0.15) is 13.2 Å². The molecule has 112 valence electrons. The average molecular weight is 354 g/mol. The van der Waals surface area contributed by atoms with Crippen molar-refractivity contribution in [2.45, 2.75) is 26.1 Å². The highest BCUT2D eigenvalue weighted by Gasteiger charge is 2.31. The summed E-state index contributed by atoms with van der Waals surface area (Å²) in [6.45, 7) is 2.25. The normalized spacial score (nSPS) is 13.1. The molecule has 0 radical (unpaired) electrons. The van der Waals surface area contributed by atoms with E-state index < -0.39 is 24.7 Å². The van der Waals surface area contributed by atoms with E-state index in [4.69, 9.17) is 4.74 Å². The molecule has 1 atom stereocenters. The summed E-state index contributed by atoms with van der Waals surface area (Å²) in [7, 11) is 0. The van der Waals surface area contributed by atoms with Crippen LogP contribution in [0.2, 0.25) is 0 Å². The van der Waals surface area contributed by atoms with Crippen LogP contribution in [0.15, 0.2) is 22.7 Å². The summed E-state index contributed by atoms with van der Waals surface area (Å²) >= 11 is 3.30. The van der Waals surface area contributed by atoms with Crippen molar-refractivity contribution in [2.24, 2.45) is 0 Å². The minimum Gasteiger partial charge on any atom is -0.465 e. The van der Waals surface area contributed by atoms with Crippen LogP contribution < -0.4 is 5.32 Å². The SMILES string of the molecule is CCOC(=O)C(NCC(F)(F)F)c1ccc(Br)c(C)c1. The number of carbonyl (C=O) groups excluding carboxylic acids is 1. The van der Waals surface area contributed by atoms with Crippen molar-refractivity contribution in [3.8, 4) is 0 Å². The fourth-order valence-electron chi connectivity index (χ4n) is 1.63. The Kier molecular flexibility index (Phi) is 6.01. The van der Waals surface area contributed by atoms with Crippen molar-refractivity contribution >= 4 is 21.9 Å². The second-order valence-corrected chi connectivity index (χ2v) is 5.04. The standard InChI is InChI=1S/C13H15BrF3NO2/c1-3-20-12(19)11(18-7-13(15,16)17)9-4-5-10(14)8(2)6-9/h4-6,11,18H,3,7H2,1-2H3. The van der Waals surface area contributed by atoms with Crippen LogP contribution in [-0.2, 0) is 9.53 Å². The molecule has 1 rings (SSSR count). The third-order valence-corrected chi connectivity index (χ3v) is 3.43. The molecule has 0 amide bonds. The lowest BCUT2D eigenvalue weighted by Gasteiger charge is -2.19. The molecule has 0 heterocycles. The van der Waals surface area contributed by atoms with Gasteiger partial charge in [-0.25, -0.2) is 4.79 Å². The second-order valence-electron chi connectivity index (χ2n) is 4.19. The van der Waals surface area contributed by atoms with Crippen molar-refractivity contribution in [1.82, 2.24) is 5.32 Å². The van der Waals surface area contributed by atoms with Crippen LogP contribution in [-0.4, -0.2) is 25.3 Å². The van der Waals surface area contributed by atoms with Gasteiger partial charge in [0.25, 0.3) is 0 Å². The molecule has 1 aromatic carbocycles. The van der Waals surface area contributed by atoms with Gasteiger partial charge in [-0.1, -0.05) is 28.1 Å². The fraction of sp³-hybridized carbons (Fsp3) is 0.462. The molecule has 0 bridgehead atoms. The number of alkyl halides is 3.